The molecule has 2 aromatic carbocycles. The summed E-state index contributed by atoms with van der Waals surface area (Å²) in [5.74, 6) is 0.0579. The molecule has 1 amide bonds. The first-order chi connectivity index (χ1) is 14.5. The second kappa shape index (κ2) is 9.29. The third kappa shape index (κ3) is 4.75. The molecule has 0 bridgehead atoms. The third-order valence-corrected chi connectivity index (χ3v) is 6.29. The fraction of sp³-hybridized carbons (Fsp3) is 0.417. The molecule has 0 N–H and O–H groups in total. The summed E-state index contributed by atoms with van der Waals surface area (Å²) in [5, 5.41) is 7.21. The van der Waals surface area contributed by atoms with Gasteiger partial charge in [-0.3, -0.25) is 9.69 Å². The molecule has 0 radical (unpaired) electrons. The minimum atomic E-state index is -0.0952. The van der Waals surface area contributed by atoms with Crippen molar-refractivity contribution in [2.24, 2.45) is 5.10 Å². The van der Waals surface area contributed by atoms with Gasteiger partial charge in [-0.2, -0.15) is 5.10 Å². The number of hydrogen-bond acceptors (Lipinski definition) is 4. The Morgan fingerprint density at radius 3 is 2.43 bits per heavy atom. The summed E-state index contributed by atoms with van der Waals surface area (Å²) in [5.41, 5.74) is 4.30. The number of carbonyl (C=O) groups is 1. The standard InChI is InChI=1S/C24H29ClN4O/c1-3-27-11-13-28(14-12-27)17-24(30)29-23(19-7-9-21(25)10-8-19)16-22(26-29)20-6-4-5-18(2)15-20/h4-10,15,23H,3,11-14,16-17H2,1-2H3. The maximum atomic E-state index is 13.3. The van der Waals surface area contributed by atoms with Gasteiger partial charge in [0.1, 0.15) is 0 Å². The Balaban J connectivity index is 1.55. The van der Waals surface area contributed by atoms with E-state index < -0.39 is 0 Å². The van der Waals surface area contributed by atoms with E-state index in [4.69, 9.17) is 16.7 Å². The predicted octanol–water partition coefficient (Wildman–Crippen LogP) is 3.96. The van der Waals surface area contributed by atoms with Crippen molar-refractivity contribution in [3.63, 3.8) is 0 Å². The lowest BCUT2D eigenvalue weighted by Crippen LogP contribution is -2.49. The van der Waals surface area contributed by atoms with Crippen molar-refractivity contribution < 1.29 is 4.79 Å². The molecule has 1 saturated heterocycles. The van der Waals surface area contributed by atoms with Crippen molar-refractivity contribution >= 4 is 23.2 Å². The van der Waals surface area contributed by atoms with Crippen LogP contribution in [0.4, 0.5) is 0 Å². The molecule has 158 valence electrons. The summed E-state index contributed by atoms with van der Waals surface area (Å²) < 4.78 is 0. The fourth-order valence-electron chi connectivity index (χ4n) is 4.21. The van der Waals surface area contributed by atoms with Crippen LogP contribution in [0.1, 0.15) is 36.1 Å². The summed E-state index contributed by atoms with van der Waals surface area (Å²) in [4.78, 5) is 18.0. The molecule has 1 atom stereocenters. The van der Waals surface area contributed by atoms with Gasteiger partial charge in [0.05, 0.1) is 18.3 Å². The van der Waals surface area contributed by atoms with E-state index in [2.05, 4.69) is 41.8 Å². The molecule has 0 spiro atoms. The number of benzene rings is 2. The Hall–Kier alpha value is -2.21. The molecule has 2 heterocycles. The van der Waals surface area contributed by atoms with Crippen LogP contribution in [0.15, 0.2) is 53.6 Å². The Morgan fingerprint density at radius 2 is 1.77 bits per heavy atom. The van der Waals surface area contributed by atoms with Crippen LogP contribution in [0.5, 0.6) is 0 Å². The zero-order valence-electron chi connectivity index (χ0n) is 17.7. The first-order valence-electron chi connectivity index (χ1n) is 10.7. The summed E-state index contributed by atoms with van der Waals surface area (Å²) >= 11 is 6.09. The normalized spacial score (nSPS) is 20.4. The predicted molar refractivity (Wildman–Crippen MR) is 122 cm³/mol. The second-order valence-electron chi connectivity index (χ2n) is 8.14. The number of nitrogens with zero attached hydrogens (tertiary/aromatic N) is 4. The SMILES string of the molecule is CCN1CCN(CC(=O)N2N=C(c3cccc(C)c3)CC2c2ccc(Cl)cc2)CC1. The van der Waals surface area contributed by atoms with Crippen LogP contribution in [-0.2, 0) is 4.79 Å². The molecule has 2 aromatic rings. The van der Waals surface area contributed by atoms with E-state index in [1.54, 1.807) is 5.01 Å². The van der Waals surface area contributed by atoms with Gasteiger partial charge >= 0.3 is 0 Å². The van der Waals surface area contributed by atoms with Crippen LogP contribution in [0.3, 0.4) is 0 Å². The number of hydrazone groups is 1. The van der Waals surface area contributed by atoms with Gasteiger partial charge in [0.2, 0.25) is 0 Å². The number of hydrogen-bond donors (Lipinski definition) is 0. The quantitative estimate of drug-likeness (QED) is 0.729. The highest BCUT2D eigenvalue weighted by molar-refractivity contribution is 6.30. The highest BCUT2D eigenvalue weighted by Gasteiger charge is 2.34. The highest BCUT2D eigenvalue weighted by atomic mass is 35.5. The van der Waals surface area contributed by atoms with Crippen LogP contribution in [0.2, 0.25) is 5.02 Å². The minimum Gasteiger partial charge on any atom is -0.301 e. The summed E-state index contributed by atoms with van der Waals surface area (Å²) in [6.45, 7) is 9.62. The Kier molecular flexibility index (Phi) is 6.52. The van der Waals surface area contributed by atoms with Crippen molar-refractivity contribution in [1.82, 2.24) is 14.8 Å². The number of halogens is 1. The van der Waals surface area contributed by atoms with Crippen molar-refractivity contribution in [1.29, 1.82) is 0 Å². The monoisotopic (exact) mass is 424 g/mol. The number of piperazine rings is 1. The lowest BCUT2D eigenvalue weighted by Gasteiger charge is -2.34. The molecule has 0 aliphatic carbocycles. The van der Waals surface area contributed by atoms with Crippen molar-refractivity contribution in [2.75, 3.05) is 39.3 Å². The van der Waals surface area contributed by atoms with Crippen LogP contribution in [0, 0.1) is 6.92 Å². The lowest BCUT2D eigenvalue weighted by molar-refractivity contribution is -0.134. The number of likely N-dealkylation sites (N-methyl/N-ethyl adjacent to an activating group) is 1. The average Bonchev–Trinajstić information content (AvgIpc) is 3.20. The molecule has 30 heavy (non-hydrogen) atoms. The number of amides is 1. The smallest absolute Gasteiger partial charge is 0.257 e. The van der Waals surface area contributed by atoms with Gasteiger partial charge in [0, 0.05) is 37.6 Å². The second-order valence-corrected chi connectivity index (χ2v) is 8.57. The van der Waals surface area contributed by atoms with E-state index in [0.29, 0.717) is 18.0 Å². The van der Waals surface area contributed by atoms with Crippen LogP contribution >= 0.6 is 11.6 Å². The first-order valence-corrected chi connectivity index (χ1v) is 11.1. The average molecular weight is 425 g/mol. The van der Waals surface area contributed by atoms with E-state index in [1.165, 1.54) is 5.56 Å². The largest absolute Gasteiger partial charge is 0.301 e. The van der Waals surface area contributed by atoms with Gasteiger partial charge in [0.25, 0.3) is 5.91 Å². The van der Waals surface area contributed by atoms with E-state index in [9.17, 15) is 4.79 Å². The number of aryl methyl sites for hydroxylation is 1. The molecule has 4 rings (SSSR count). The van der Waals surface area contributed by atoms with Crippen molar-refractivity contribution in [2.45, 2.75) is 26.3 Å². The summed E-state index contributed by atoms with van der Waals surface area (Å²) in [6, 6.07) is 16.0. The molecule has 1 unspecified atom stereocenters. The lowest BCUT2D eigenvalue weighted by atomic mass is 9.97. The third-order valence-electron chi connectivity index (χ3n) is 6.04. The van der Waals surface area contributed by atoms with E-state index in [-0.39, 0.29) is 11.9 Å². The first kappa shape index (κ1) is 21.0. The molecule has 6 heteroatoms. The van der Waals surface area contributed by atoms with Crippen molar-refractivity contribution in [3.05, 3.63) is 70.2 Å². The number of carbonyl (C=O) groups excluding carboxylic acids is 1. The molecule has 2 aliphatic heterocycles. The number of rotatable bonds is 5. The van der Waals surface area contributed by atoms with E-state index >= 15 is 0 Å². The topological polar surface area (TPSA) is 39.1 Å². The fourth-order valence-corrected chi connectivity index (χ4v) is 4.34. The highest BCUT2D eigenvalue weighted by Crippen LogP contribution is 2.33. The van der Waals surface area contributed by atoms with E-state index in [1.807, 2.05) is 30.3 Å². The summed E-state index contributed by atoms with van der Waals surface area (Å²) in [7, 11) is 0. The molecular weight excluding hydrogens is 396 g/mol. The summed E-state index contributed by atoms with van der Waals surface area (Å²) in [6.07, 6.45) is 0.709. The molecular formula is C24H29ClN4O. The zero-order chi connectivity index (χ0) is 21.1. The van der Waals surface area contributed by atoms with E-state index in [0.717, 1.165) is 49.6 Å². The Morgan fingerprint density at radius 1 is 1.07 bits per heavy atom. The van der Waals surface area contributed by atoms with Crippen LogP contribution in [-0.4, -0.2) is 65.7 Å². The van der Waals surface area contributed by atoms with Gasteiger partial charge in [-0.25, -0.2) is 5.01 Å². The van der Waals surface area contributed by atoms with Gasteiger partial charge in [0.15, 0.2) is 0 Å². The molecule has 1 fully saturated rings. The van der Waals surface area contributed by atoms with Gasteiger partial charge in [-0.1, -0.05) is 60.5 Å². The zero-order valence-corrected chi connectivity index (χ0v) is 18.5. The van der Waals surface area contributed by atoms with Crippen LogP contribution < -0.4 is 0 Å². The van der Waals surface area contributed by atoms with Gasteiger partial charge in [-0.15, -0.1) is 0 Å². The van der Waals surface area contributed by atoms with Crippen LogP contribution in [0.25, 0.3) is 0 Å². The molecule has 5 nitrogen and oxygen atoms in total. The Labute approximate surface area is 183 Å². The molecule has 2 aliphatic rings. The van der Waals surface area contributed by atoms with Gasteiger partial charge < -0.3 is 4.90 Å². The molecule has 0 saturated carbocycles. The maximum Gasteiger partial charge on any atom is 0.257 e. The molecule has 0 aromatic heterocycles. The minimum absolute atomic E-state index is 0.0579. The van der Waals surface area contributed by atoms with Crippen molar-refractivity contribution in [3.8, 4) is 0 Å². The Bertz CT molecular complexity index is 919. The van der Waals surface area contributed by atoms with Gasteiger partial charge in [-0.05, 0) is 36.7 Å². The maximum absolute atomic E-state index is 13.3.